The van der Waals surface area contributed by atoms with E-state index in [0.29, 0.717) is 23.1 Å². The van der Waals surface area contributed by atoms with Gasteiger partial charge in [0.25, 0.3) is 5.91 Å². The summed E-state index contributed by atoms with van der Waals surface area (Å²) in [6.45, 7) is 1.30. The summed E-state index contributed by atoms with van der Waals surface area (Å²) < 4.78 is 17.7. The van der Waals surface area contributed by atoms with Crippen molar-refractivity contribution in [3.05, 3.63) is 58.5 Å². The van der Waals surface area contributed by atoms with E-state index in [1.54, 1.807) is 24.3 Å². The lowest BCUT2D eigenvalue weighted by Gasteiger charge is -2.09. The molecule has 0 aliphatic carbocycles. The maximum Gasteiger partial charge on any atom is 0.287 e. The molecule has 2 aromatic rings. The van der Waals surface area contributed by atoms with Crippen LogP contribution < -0.4 is 5.32 Å². The average molecular weight is 369 g/mol. The third-order valence-corrected chi connectivity index (χ3v) is 4.79. The van der Waals surface area contributed by atoms with E-state index in [1.165, 1.54) is 0 Å². The van der Waals surface area contributed by atoms with Crippen LogP contribution in [0.2, 0.25) is 5.02 Å². The lowest BCUT2D eigenvalue weighted by Crippen LogP contribution is -2.31. The predicted octanol–water partition coefficient (Wildman–Crippen LogP) is 2.67. The molecule has 130 valence electrons. The largest absolute Gasteiger partial charge is 0.455 e. The highest BCUT2D eigenvalue weighted by Gasteiger charge is 2.13. The van der Waals surface area contributed by atoms with E-state index in [9.17, 15) is 9.00 Å². The standard InChI is InChI=1S/C17H21ClN2O3S/c1-20(2)10-9-19-17(21)16-8-7-15(23-16)12-24(22)11-13-3-5-14(18)6-4-13/h3-8H,9-12H2,1-2H3,(H,19,21). The molecule has 1 heterocycles. The first-order valence-corrected chi connectivity index (χ1v) is 9.41. The van der Waals surface area contributed by atoms with E-state index < -0.39 is 10.8 Å². The van der Waals surface area contributed by atoms with Crippen LogP contribution in [0.4, 0.5) is 0 Å². The minimum absolute atomic E-state index is 0.243. The zero-order valence-electron chi connectivity index (χ0n) is 13.8. The number of furan rings is 1. The van der Waals surface area contributed by atoms with Crippen LogP contribution >= 0.6 is 11.6 Å². The van der Waals surface area contributed by atoms with Gasteiger partial charge in [-0.2, -0.15) is 0 Å². The zero-order valence-corrected chi connectivity index (χ0v) is 15.3. The van der Waals surface area contributed by atoms with Crippen molar-refractivity contribution in [1.29, 1.82) is 0 Å². The summed E-state index contributed by atoms with van der Waals surface area (Å²) >= 11 is 5.83. The first-order chi connectivity index (χ1) is 11.4. The van der Waals surface area contributed by atoms with Crippen LogP contribution in [-0.2, 0) is 22.3 Å². The quantitative estimate of drug-likeness (QED) is 0.778. The van der Waals surface area contributed by atoms with Gasteiger partial charge in [0.1, 0.15) is 5.76 Å². The third-order valence-electron chi connectivity index (χ3n) is 3.27. The summed E-state index contributed by atoms with van der Waals surface area (Å²) in [6, 6.07) is 10.6. The van der Waals surface area contributed by atoms with Crippen molar-refractivity contribution >= 4 is 28.3 Å². The molecule has 7 heteroatoms. The van der Waals surface area contributed by atoms with Crippen molar-refractivity contribution in [3.8, 4) is 0 Å². The Morgan fingerprint density at radius 2 is 1.88 bits per heavy atom. The van der Waals surface area contributed by atoms with Crippen molar-refractivity contribution in [3.63, 3.8) is 0 Å². The Hall–Kier alpha value is -1.63. The maximum atomic E-state index is 12.2. The molecule has 0 aliphatic heterocycles. The van der Waals surface area contributed by atoms with Gasteiger partial charge in [-0.1, -0.05) is 23.7 Å². The molecule has 1 atom stereocenters. The lowest BCUT2D eigenvalue weighted by atomic mass is 10.2. The van der Waals surface area contributed by atoms with E-state index in [2.05, 4.69) is 5.32 Å². The topological polar surface area (TPSA) is 62.6 Å². The third kappa shape index (κ3) is 6.11. The van der Waals surface area contributed by atoms with E-state index in [1.807, 2.05) is 31.1 Å². The Kier molecular flexibility index (Phi) is 7.02. The van der Waals surface area contributed by atoms with Crippen molar-refractivity contribution in [2.75, 3.05) is 27.2 Å². The van der Waals surface area contributed by atoms with Gasteiger partial charge in [-0.05, 0) is 43.9 Å². The maximum absolute atomic E-state index is 12.2. The zero-order chi connectivity index (χ0) is 17.5. The SMILES string of the molecule is CN(C)CCNC(=O)c1ccc(CS(=O)Cc2ccc(Cl)cc2)o1. The van der Waals surface area contributed by atoms with Gasteiger partial charge in [-0.25, -0.2) is 0 Å². The molecular weight excluding hydrogens is 348 g/mol. The molecule has 1 aromatic carbocycles. The molecular formula is C17H21ClN2O3S. The lowest BCUT2D eigenvalue weighted by molar-refractivity contribution is 0.0922. The van der Waals surface area contributed by atoms with Crippen LogP contribution in [0.1, 0.15) is 21.9 Å². The van der Waals surface area contributed by atoms with Gasteiger partial charge in [0.05, 0.1) is 5.75 Å². The Balaban J connectivity index is 1.85. The number of carbonyl (C=O) groups excluding carboxylic acids is 1. The number of carbonyl (C=O) groups is 1. The van der Waals surface area contributed by atoms with Crippen LogP contribution in [0.15, 0.2) is 40.8 Å². The second-order valence-corrected chi connectivity index (χ2v) is 7.57. The molecule has 24 heavy (non-hydrogen) atoms. The summed E-state index contributed by atoms with van der Waals surface area (Å²) in [5.41, 5.74) is 0.950. The molecule has 0 aliphatic rings. The van der Waals surface area contributed by atoms with Crippen LogP contribution in [-0.4, -0.2) is 42.2 Å². The second-order valence-electron chi connectivity index (χ2n) is 5.68. The molecule has 0 fully saturated rings. The number of likely N-dealkylation sites (N-methyl/N-ethyl adjacent to an activating group) is 1. The number of amides is 1. The molecule has 1 N–H and O–H groups in total. The van der Waals surface area contributed by atoms with Gasteiger partial charge in [0.2, 0.25) is 0 Å². The van der Waals surface area contributed by atoms with Crippen LogP contribution in [0.25, 0.3) is 0 Å². The number of halogens is 1. The molecule has 0 radical (unpaired) electrons. The van der Waals surface area contributed by atoms with Gasteiger partial charge in [-0.3, -0.25) is 9.00 Å². The Morgan fingerprint density at radius 3 is 2.54 bits per heavy atom. The molecule has 2 rings (SSSR count). The molecule has 0 bridgehead atoms. The molecule has 0 saturated carbocycles. The minimum atomic E-state index is -1.12. The molecule has 1 unspecified atom stereocenters. The molecule has 0 saturated heterocycles. The van der Waals surface area contributed by atoms with Crippen molar-refractivity contribution < 1.29 is 13.4 Å². The molecule has 1 aromatic heterocycles. The smallest absolute Gasteiger partial charge is 0.287 e. The Bertz CT molecular complexity index is 698. The summed E-state index contributed by atoms with van der Waals surface area (Å²) in [4.78, 5) is 13.9. The van der Waals surface area contributed by atoms with Crippen molar-refractivity contribution in [2.24, 2.45) is 0 Å². The number of hydrogen-bond acceptors (Lipinski definition) is 4. The van der Waals surface area contributed by atoms with Crippen LogP contribution in [0, 0.1) is 0 Å². The van der Waals surface area contributed by atoms with Crippen LogP contribution in [0.5, 0.6) is 0 Å². The second kappa shape index (κ2) is 9.01. The van der Waals surface area contributed by atoms with Gasteiger partial charge in [0, 0.05) is 34.7 Å². The summed E-state index contributed by atoms with van der Waals surface area (Å²) in [6.07, 6.45) is 0. The van der Waals surface area contributed by atoms with Crippen molar-refractivity contribution in [2.45, 2.75) is 11.5 Å². The monoisotopic (exact) mass is 368 g/mol. The fraction of sp³-hybridized carbons (Fsp3) is 0.353. The fourth-order valence-electron chi connectivity index (χ4n) is 2.03. The van der Waals surface area contributed by atoms with E-state index in [-0.39, 0.29) is 17.4 Å². The van der Waals surface area contributed by atoms with E-state index in [4.69, 9.17) is 16.0 Å². The highest BCUT2D eigenvalue weighted by Crippen LogP contribution is 2.15. The van der Waals surface area contributed by atoms with Gasteiger partial charge in [0.15, 0.2) is 5.76 Å². The summed E-state index contributed by atoms with van der Waals surface area (Å²) in [5.74, 6) is 1.22. The summed E-state index contributed by atoms with van der Waals surface area (Å²) in [7, 11) is 2.76. The van der Waals surface area contributed by atoms with E-state index >= 15 is 0 Å². The number of rotatable bonds is 8. The average Bonchev–Trinajstić information content (AvgIpc) is 2.97. The number of benzene rings is 1. The number of hydrogen-bond donors (Lipinski definition) is 1. The number of nitrogens with zero attached hydrogens (tertiary/aromatic N) is 1. The van der Waals surface area contributed by atoms with Crippen LogP contribution in [0.3, 0.4) is 0 Å². The first kappa shape index (κ1) is 18.7. The molecule has 0 spiro atoms. The van der Waals surface area contributed by atoms with Gasteiger partial charge >= 0.3 is 0 Å². The fourth-order valence-corrected chi connectivity index (χ4v) is 3.30. The van der Waals surface area contributed by atoms with Gasteiger partial charge in [-0.15, -0.1) is 0 Å². The Morgan fingerprint density at radius 1 is 1.17 bits per heavy atom. The molecule has 5 nitrogen and oxygen atoms in total. The molecule has 1 amide bonds. The predicted molar refractivity (Wildman–Crippen MR) is 96.6 cm³/mol. The van der Waals surface area contributed by atoms with Crippen molar-refractivity contribution in [1.82, 2.24) is 10.2 Å². The first-order valence-electron chi connectivity index (χ1n) is 7.55. The minimum Gasteiger partial charge on any atom is -0.455 e. The highest BCUT2D eigenvalue weighted by atomic mass is 35.5. The summed E-state index contributed by atoms with van der Waals surface area (Å²) in [5, 5.41) is 3.43. The highest BCUT2D eigenvalue weighted by molar-refractivity contribution is 7.83. The normalized spacial score (nSPS) is 12.3. The van der Waals surface area contributed by atoms with E-state index in [0.717, 1.165) is 12.1 Å². The van der Waals surface area contributed by atoms with Gasteiger partial charge < -0.3 is 14.6 Å². The Labute approximate surface area is 149 Å². The number of nitrogens with one attached hydrogen (secondary N) is 1.